The van der Waals surface area contributed by atoms with Gasteiger partial charge in [0.1, 0.15) is 12.2 Å². The van der Waals surface area contributed by atoms with E-state index in [1.807, 2.05) is 31.2 Å². The largest absolute Gasteiger partial charge is 0.472 e. The van der Waals surface area contributed by atoms with E-state index in [0.717, 1.165) is 11.1 Å². The number of carbonyl (C=O) groups is 1. The summed E-state index contributed by atoms with van der Waals surface area (Å²) in [5.74, 6) is 0.0755. The summed E-state index contributed by atoms with van der Waals surface area (Å²) in [6.07, 6.45) is 0. The van der Waals surface area contributed by atoms with Gasteiger partial charge < -0.3 is 4.74 Å². The van der Waals surface area contributed by atoms with Gasteiger partial charge in [-0.05, 0) is 37.6 Å². The Bertz CT molecular complexity index is 1060. The van der Waals surface area contributed by atoms with Crippen molar-refractivity contribution in [1.29, 1.82) is 0 Å². The van der Waals surface area contributed by atoms with Crippen molar-refractivity contribution in [1.82, 2.24) is 9.78 Å². The Morgan fingerprint density at radius 3 is 2.46 bits per heavy atom. The molecule has 0 fully saturated rings. The first-order valence-corrected chi connectivity index (χ1v) is 9.70. The van der Waals surface area contributed by atoms with Crippen LogP contribution in [0.4, 0.5) is 0 Å². The van der Waals surface area contributed by atoms with Crippen LogP contribution in [0.15, 0.2) is 42.5 Å². The van der Waals surface area contributed by atoms with Crippen LogP contribution in [0.1, 0.15) is 32.7 Å². The number of halogens is 2. The minimum absolute atomic E-state index is 0.159. The van der Waals surface area contributed by atoms with E-state index in [0.29, 0.717) is 32.6 Å². The number of rotatable bonds is 6. The monoisotopic (exact) mass is 432 g/mol. The first-order valence-electron chi connectivity index (χ1n) is 8.54. The summed E-state index contributed by atoms with van der Waals surface area (Å²) < 4.78 is 7.44. The predicted octanol–water partition coefficient (Wildman–Crippen LogP) is 5.37. The lowest BCUT2D eigenvalue weighted by Gasteiger charge is -2.11. The third-order valence-corrected chi connectivity index (χ3v) is 5.19. The molecular weight excluding hydrogens is 415 g/mol. The van der Waals surface area contributed by atoms with Crippen molar-refractivity contribution in [3.8, 4) is 5.88 Å². The topological polar surface area (TPSA) is 44.1 Å². The van der Waals surface area contributed by atoms with Gasteiger partial charge >= 0.3 is 0 Å². The number of nitrogens with zero attached hydrogens (tertiary/aromatic N) is 2. The summed E-state index contributed by atoms with van der Waals surface area (Å²) in [7, 11) is 1.72. The molecule has 0 saturated heterocycles. The molecule has 7 heteroatoms. The summed E-state index contributed by atoms with van der Waals surface area (Å²) >= 11 is 17.6. The van der Waals surface area contributed by atoms with Gasteiger partial charge in [0.2, 0.25) is 11.7 Å². The van der Waals surface area contributed by atoms with Crippen molar-refractivity contribution in [2.24, 2.45) is 7.05 Å². The molecule has 0 spiro atoms. The Labute approximate surface area is 179 Å². The van der Waals surface area contributed by atoms with Gasteiger partial charge in [0.05, 0.1) is 15.6 Å². The standard InChI is InChI=1S/C21H18Cl2N2O2S/c1-12-4-6-14(7-5-12)18(28)11-27-21-19(13(2)24-25(21)3)20(26)16-9-8-15(22)10-17(16)23/h4-10H,11H2,1-3H3. The molecule has 0 atom stereocenters. The van der Waals surface area contributed by atoms with E-state index < -0.39 is 0 Å². The quantitative estimate of drug-likeness (QED) is 0.387. The second-order valence-corrected chi connectivity index (χ2v) is 7.76. The van der Waals surface area contributed by atoms with Crippen LogP contribution in [0.25, 0.3) is 0 Å². The smallest absolute Gasteiger partial charge is 0.223 e. The molecule has 0 aliphatic heterocycles. The molecule has 0 N–H and O–H groups in total. The van der Waals surface area contributed by atoms with Crippen molar-refractivity contribution in [3.05, 3.63) is 80.5 Å². The van der Waals surface area contributed by atoms with Crippen LogP contribution in [0.2, 0.25) is 10.0 Å². The van der Waals surface area contributed by atoms with E-state index in [-0.39, 0.29) is 17.4 Å². The summed E-state index contributed by atoms with van der Waals surface area (Å²) in [5.41, 5.74) is 3.32. The second kappa shape index (κ2) is 8.43. The SMILES string of the molecule is Cc1ccc(C(=S)COc2c(C(=O)c3ccc(Cl)cc3Cl)c(C)nn2C)cc1. The van der Waals surface area contributed by atoms with Crippen LogP contribution in [0.5, 0.6) is 5.88 Å². The zero-order chi connectivity index (χ0) is 20.4. The number of hydrogen-bond donors (Lipinski definition) is 0. The average Bonchev–Trinajstić information content (AvgIpc) is 2.93. The maximum absolute atomic E-state index is 13.1. The van der Waals surface area contributed by atoms with Gasteiger partial charge in [0.15, 0.2) is 0 Å². The highest BCUT2D eigenvalue weighted by molar-refractivity contribution is 7.80. The Hall–Kier alpha value is -2.21. The Balaban J connectivity index is 1.87. The van der Waals surface area contributed by atoms with Crippen molar-refractivity contribution >= 4 is 46.1 Å². The zero-order valence-corrected chi connectivity index (χ0v) is 18.0. The number of carbonyl (C=O) groups excluding carboxylic acids is 1. The van der Waals surface area contributed by atoms with Crippen LogP contribution in [-0.4, -0.2) is 27.0 Å². The van der Waals surface area contributed by atoms with Crippen molar-refractivity contribution in [2.45, 2.75) is 13.8 Å². The number of hydrogen-bond acceptors (Lipinski definition) is 4. The number of ether oxygens (including phenoxy) is 1. The molecule has 3 aromatic rings. The molecule has 3 rings (SSSR count). The normalized spacial score (nSPS) is 10.8. The fourth-order valence-corrected chi connectivity index (χ4v) is 3.52. The molecule has 1 aromatic heterocycles. The number of benzene rings is 2. The Morgan fingerprint density at radius 2 is 1.82 bits per heavy atom. The van der Waals surface area contributed by atoms with Gasteiger partial charge in [0.25, 0.3) is 0 Å². The maximum atomic E-state index is 13.1. The zero-order valence-electron chi connectivity index (χ0n) is 15.6. The van der Waals surface area contributed by atoms with E-state index in [9.17, 15) is 4.79 Å². The molecule has 0 unspecified atom stereocenters. The van der Waals surface area contributed by atoms with E-state index in [2.05, 4.69) is 5.10 Å². The van der Waals surface area contributed by atoms with Crippen molar-refractivity contribution in [2.75, 3.05) is 6.61 Å². The van der Waals surface area contributed by atoms with Crippen LogP contribution in [0.3, 0.4) is 0 Å². The number of aryl methyl sites for hydroxylation is 3. The molecule has 0 aliphatic carbocycles. The Morgan fingerprint density at radius 1 is 1.14 bits per heavy atom. The second-order valence-electron chi connectivity index (χ2n) is 6.42. The molecule has 0 bridgehead atoms. The summed E-state index contributed by atoms with van der Waals surface area (Å²) in [6, 6.07) is 12.7. The molecule has 1 heterocycles. The van der Waals surface area contributed by atoms with E-state index in [1.54, 1.807) is 26.1 Å². The first kappa shape index (κ1) is 20.5. The molecule has 28 heavy (non-hydrogen) atoms. The molecule has 0 amide bonds. The van der Waals surface area contributed by atoms with Gasteiger partial charge in [-0.15, -0.1) is 0 Å². The van der Waals surface area contributed by atoms with E-state index in [1.165, 1.54) is 10.7 Å². The van der Waals surface area contributed by atoms with Gasteiger partial charge in [-0.2, -0.15) is 5.10 Å². The minimum atomic E-state index is -0.275. The molecule has 2 aromatic carbocycles. The van der Waals surface area contributed by atoms with Crippen molar-refractivity contribution < 1.29 is 9.53 Å². The number of ketones is 1. The van der Waals surface area contributed by atoms with Crippen LogP contribution < -0.4 is 4.74 Å². The maximum Gasteiger partial charge on any atom is 0.223 e. The van der Waals surface area contributed by atoms with Crippen molar-refractivity contribution in [3.63, 3.8) is 0 Å². The minimum Gasteiger partial charge on any atom is -0.472 e. The van der Waals surface area contributed by atoms with Crippen LogP contribution in [0, 0.1) is 13.8 Å². The lowest BCUT2D eigenvalue weighted by Crippen LogP contribution is -2.14. The average molecular weight is 433 g/mol. The Kier molecular flexibility index (Phi) is 6.18. The summed E-state index contributed by atoms with van der Waals surface area (Å²) in [5, 5.41) is 5.07. The highest BCUT2D eigenvalue weighted by atomic mass is 35.5. The third kappa shape index (κ3) is 4.27. The third-order valence-electron chi connectivity index (χ3n) is 4.29. The highest BCUT2D eigenvalue weighted by Gasteiger charge is 2.25. The van der Waals surface area contributed by atoms with Crippen LogP contribution in [-0.2, 0) is 7.05 Å². The molecule has 0 radical (unpaired) electrons. The lowest BCUT2D eigenvalue weighted by molar-refractivity contribution is 0.103. The first-order chi connectivity index (χ1) is 13.3. The lowest BCUT2D eigenvalue weighted by atomic mass is 10.0. The molecular formula is C21H18Cl2N2O2S. The fraction of sp³-hybridized carbons (Fsp3) is 0.190. The fourth-order valence-electron chi connectivity index (χ4n) is 2.83. The van der Waals surface area contributed by atoms with Gasteiger partial charge in [-0.1, -0.05) is 65.2 Å². The number of aromatic nitrogens is 2. The molecule has 4 nitrogen and oxygen atoms in total. The molecule has 144 valence electrons. The predicted molar refractivity (Wildman–Crippen MR) is 116 cm³/mol. The summed E-state index contributed by atoms with van der Waals surface area (Å²) in [4.78, 5) is 13.7. The highest BCUT2D eigenvalue weighted by Crippen LogP contribution is 2.29. The summed E-state index contributed by atoms with van der Waals surface area (Å²) in [6.45, 7) is 3.93. The van der Waals surface area contributed by atoms with E-state index in [4.69, 9.17) is 40.2 Å². The van der Waals surface area contributed by atoms with E-state index >= 15 is 0 Å². The van der Waals surface area contributed by atoms with Gasteiger partial charge in [-0.25, -0.2) is 4.68 Å². The molecule has 0 saturated carbocycles. The van der Waals surface area contributed by atoms with Gasteiger partial charge in [0, 0.05) is 17.6 Å². The van der Waals surface area contributed by atoms with Gasteiger partial charge in [-0.3, -0.25) is 4.79 Å². The van der Waals surface area contributed by atoms with Crippen LogP contribution >= 0.6 is 35.4 Å². The molecule has 0 aliphatic rings. The number of thiocarbonyl (C=S) groups is 1.